The fourth-order valence-corrected chi connectivity index (χ4v) is 1.61. The maximum atomic E-state index is 2.24. The topological polar surface area (TPSA) is 0 Å². The summed E-state index contributed by atoms with van der Waals surface area (Å²) >= 11 is 0. The van der Waals surface area contributed by atoms with Crippen LogP contribution < -0.4 is 18.9 Å². The molecule has 0 saturated carbocycles. The SMILES string of the molecule is CC(c1ccccc1)[c-]1cccc1.[Li+]. The average Bonchev–Trinajstić information content (AvgIpc) is 2.71. The van der Waals surface area contributed by atoms with Crippen LogP contribution in [-0.2, 0) is 0 Å². The van der Waals surface area contributed by atoms with Gasteiger partial charge in [-0.15, -0.1) is 0 Å². The predicted octanol–water partition coefficient (Wildman–Crippen LogP) is 0.561. The van der Waals surface area contributed by atoms with Gasteiger partial charge in [-0.25, -0.2) is 12.1 Å². The fraction of sp³-hybridized carbons (Fsp3) is 0.154. The van der Waals surface area contributed by atoms with Crippen molar-refractivity contribution in [3.05, 3.63) is 65.7 Å². The molecule has 0 aromatic heterocycles. The van der Waals surface area contributed by atoms with Crippen LogP contribution >= 0.6 is 0 Å². The van der Waals surface area contributed by atoms with Crippen LogP contribution in [0.2, 0.25) is 0 Å². The number of hydrogen-bond donors (Lipinski definition) is 0. The van der Waals surface area contributed by atoms with Crippen LogP contribution in [0.25, 0.3) is 0 Å². The van der Waals surface area contributed by atoms with Gasteiger partial charge in [0.2, 0.25) is 0 Å². The van der Waals surface area contributed by atoms with Crippen molar-refractivity contribution in [1.29, 1.82) is 0 Å². The predicted molar refractivity (Wildman–Crippen MR) is 56.0 cm³/mol. The Morgan fingerprint density at radius 2 is 1.50 bits per heavy atom. The summed E-state index contributed by atoms with van der Waals surface area (Å²) in [7, 11) is 0. The molecule has 1 heteroatoms. The third kappa shape index (κ3) is 2.35. The van der Waals surface area contributed by atoms with Crippen LogP contribution in [-0.4, -0.2) is 0 Å². The molecule has 2 aromatic rings. The van der Waals surface area contributed by atoms with Gasteiger partial charge in [-0.2, -0.15) is 17.7 Å². The molecule has 1 unspecified atom stereocenters. The molecule has 0 nitrogen and oxygen atoms in total. The summed E-state index contributed by atoms with van der Waals surface area (Å²) < 4.78 is 0. The fourth-order valence-electron chi connectivity index (χ4n) is 1.61. The number of benzene rings is 1. The first kappa shape index (κ1) is 11.2. The molecule has 14 heavy (non-hydrogen) atoms. The van der Waals surface area contributed by atoms with Gasteiger partial charge in [0.15, 0.2) is 0 Å². The molecule has 0 radical (unpaired) electrons. The second kappa shape index (κ2) is 5.15. The van der Waals surface area contributed by atoms with Crippen molar-refractivity contribution in [2.45, 2.75) is 12.8 Å². The van der Waals surface area contributed by atoms with E-state index in [2.05, 4.69) is 61.5 Å². The molecule has 2 rings (SSSR count). The van der Waals surface area contributed by atoms with Crippen molar-refractivity contribution in [1.82, 2.24) is 0 Å². The Morgan fingerprint density at radius 3 is 2.07 bits per heavy atom. The summed E-state index contributed by atoms with van der Waals surface area (Å²) in [6.45, 7) is 2.24. The second-order valence-electron chi connectivity index (χ2n) is 3.35. The van der Waals surface area contributed by atoms with Gasteiger partial charge in [0.25, 0.3) is 0 Å². The van der Waals surface area contributed by atoms with Crippen molar-refractivity contribution in [2.75, 3.05) is 0 Å². The second-order valence-corrected chi connectivity index (χ2v) is 3.35. The van der Waals surface area contributed by atoms with Gasteiger partial charge in [0.05, 0.1) is 0 Å². The molecule has 2 aromatic carbocycles. The van der Waals surface area contributed by atoms with E-state index in [1.54, 1.807) is 0 Å². The van der Waals surface area contributed by atoms with E-state index in [-0.39, 0.29) is 18.9 Å². The molecule has 0 aliphatic heterocycles. The van der Waals surface area contributed by atoms with Gasteiger partial charge in [0, 0.05) is 0 Å². The summed E-state index contributed by atoms with van der Waals surface area (Å²) in [5.74, 6) is 0.510. The zero-order valence-electron chi connectivity index (χ0n) is 8.77. The summed E-state index contributed by atoms with van der Waals surface area (Å²) in [4.78, 5) is 0. The first-order chi connectivity index (χ1) is 6.38. The molecule has 0 N–H and O–H groups in total. The van der Waals surface area contributed by atoms with Crippen LogP contribution in [0.15, 0.2) is 54.6 Å². The standard InChI is InChI=1S/C13H13.Li/c1-11(13-9-5-6-10-13)12-7-3-2-4-8-12;/h2-11H,1H3;/q-1;+1. The summed E-state index contributed by atoms with van der Waals surface area (Å²) in [5.41, 5.74) is 2.78. The first-order valence-corrected chi connectivity index (χ1v) is 4.64. The Balaban J connectivity index is 0.000000980. The molecule has 1 atom stereocenters. The third-order valence-corrected chi connectivity index (χ3v) is 2.49. The van der Waals surface area contributed by atoms with E-state index in [9.17, 15) is 0 Å². The van der Waals surface area contributed by atoms with E-state index in [1.807, 2.05) is 0 Å². The third-order valence-electron chi connectivity index (χ3n) is 2.49. The van der Waals surface area contributed by atoms with Gasteiger partial charge in [0.1, 0.15) is 0 Å². The Bertz CT molecular complexity index is 348. The largest absolute Gasteiger partial charge is 1.00 e. The van der Waals surface area contributed by atoms with E-state index >= 15 is 0 Å². The van der Waals surface area contributed by atoms with Gasteiger partial charge in [-0.3, -0.25) is 0 Å². The van der Waals surface area contributed by atoms with E-state index < -0.39 is 0 Å². The van der Waals surface area contributed by atoms with Crippen LogP contribution in [0.5, 0.6) is 0 Å². The molecule has 0 bridgehead atoms. The van der Waals surface area contributed by atoms with E-state index in [4.69, 9.17) is 0 Å². The van der Waals surface area contributed by atoms with Crippen LogP contribution in [0.3, 0.4) is 0 Å². The molecule has 0 amide bonds. The van der Waals surface area contributed by atoms with Crippen molar-refractivity contribution in [3.63, 3.8) is 0 Å². The van der Waals surface area contributed by atoms with E-state index in [0.29, 0.717) is 5.92 Å². The van der Waals surface area contributed by atoms with Crippen LogP contribution in [0.4, 0.5) is 0 Å². The van der Waals surface area contributed by atoms with Gasteiger partial charge in [-0.1, -0.05) is 42.8 Å². The summed E-state index contributed by atoms with van der Waals surface area (Å²) in [5, 5.41) is 0. The maximum absolute atomic E-state index is 2.24. The van der Waals surface area contributed by atoms with Crippen LogP contribution in [0, 0.1) is 0 Å². The summed E-state index contributed by atoms with van der Waals surface area (Å²) in [6.07, 6.45) is 0. The minimum Gasteiger partial charge on any atom is -0.213 e. The molecule has 0 aliphatic carbocycles. The van der Waals surface area contributed by atoms with Crippen molar-refractivity contribution in [2.24, 2.45) is 0 Å². The van der Waals surface area contributed by atoms with Crippen molar-refractivity contribution < 1.29 is 18.9 Å². The molecule has 0 saturated heterocycles. The minimum absolute atomic E-state index is 0. The van der Waals surface area contributed by atoms with Gasteiger partial charge in [-0.05, 0) is 5.92 Å². The normalized spacial score (nSPS) is 11.8. The van der Waals surface area contributed by atoms with Crippen molar-refractivity contribution in [3.8, 4) is 0 Å². The molecular weight excluding hydrogens is 163 g/mol. The smallest absolute Gasteiger partial charge is 0.213 e. The van der Waals surface area contributed by atoms with Crippen LogP contribution in [0.1, 0.15) is 24.0 Å². The van der Waals surface area contributed by atoms with E-state index in [0.717, 1.165) is 0 Å². The first-order valence-electron chi connectivity index (χ1n) is 4.64. The molecule has 0 heterocycles. The monoisotopic (exact) mass is 176 g/mol. The number of rotatable bonds is 2. The van der Waals surface area contributed by atoms with Gasteiger partial charge >= 0.3 is 18.9 Å². The zero-order valence-corrected chi connectivity index (χ0v) is 8.77. The Morgan fingerprint density at radius 1 is 0.929 bits per heavy atom. The number of hydrogen-bond acceptors (Lipinski definition) is 0. The molecule has 66 valence electrons. The molecule has 0 aliphatic rings. The molecular formula is C13H13Li. The summed E-state index contributed by atoms with van der Waals surface area (Å²) in [6, 6.07) is 19.1. The maximum Gasteiger partial charge on any atom is 1.00 e. The average molecular weight is 176 g/mol. The quantitative estimate of drug-likeness (QED) is 0.463. The Labute approximate surface area is 97.5 Å². The van der Waals surface area contributed by atoms with Crippen molar-refractivity contribution >= 4 is 0 Å². The Kier molecular flexibility index (Phi) is 4.13. The van der Waals surface area contributed by atoms with E-state index in [1.165, 1.54) is 11.1 Å². The minimum atomic E-state index is 0. The Hall–Kier alpha value is -0.833. The zero-order chi connectivity index (χ0) is 9.10. The molecule has 0 spiro atoms. The molecule has 0 fully saturated rings. The van der Waals surface area contributed by atoms with Gasteiger partial charge < -0.3 is 0 Å².